The van der Waals surface area contributed by atoms with E-state index in [1.54, 1.807) is 24.4 Å². The molecule has 0 radical (unpaired) electrons. The first-order valence-electron chi connectivity index (χ1n) is 7.40. The van der Waals surface area contributed by atoms with Gasteiger partial charge in [0.15, 0.2) is 0 Å². The average molecular weight is 309 g/mol. The molecule has 1 heterocycles. The highest BCUT2D eigenvalue weighted by Gasteiger charge is 2.16. The number of methoxy groups -OCH3 is 1. The number of pyridine rings is 1. The highest BCUT2D eigenvalue weighted by Crippen LogP contribution is 2.19. The first-order chi connectivity index (χ1) is 11.2. The van der Waals surface area contributed by atoms with E-state index in [1.807, 2.05) is 36.4 Å². The molecule has 5 nitrogen and oxygen atoms in total. The monoisotopic (exact) mass is 309 g/mol. The zero-order chi connectivity index (χ0) is 16.5. The van der Waals surface area contributed by atoms with Crippen molar-refractivity contribution >= 4 is 5.91 Å². The van der Waals surface area contributed by atoms with Gasteiger partial charge in [0.25, 0.3) is 0 Å². The van der Waals surface area contributed by atoms with E-state index in [2.05, 4.69) is 11.1 Å². The van der Waals surface area contributed by atoms with Crippen molar-refractivity contribution in [2.24, 2.45) is 0 Å². The lowest BCUT2D eigenvalue weighted by molar-refractivity contribution is -0.131. The molecule has 23 heavy (non-hydrogen) atoms. The molecule has 0 saturated heterocycles. The molecule has 1 amide bonds. The third kappa shape index (κ3) is 4.82. The van der Waals surface area contributed by atoms with Gasteiger partial charge in [-0.1, -0.05) is 24.3 Å². The fourth-order valence-electron chi connectivity index (χ4n) is 2.31. The van der Waals surface area contributed by atoms with Gasteiger partial charge in [0.2, 0.25) is 5.91 Å². The summed E-state index contributed by atoms with van der Waals surface area (Å²) in [6.07, 6.45) is 3.98. The number of carbonyl (C=O) groups excluding carboxylic acids is 1. The molecule has 1 aromatic carbocycles. The summed E-state index contributed by atoms with van der Waals surface area (Å²) in [5.41, 5.74) is 1.78. The number of aromatic nitrogens is 1. The third-order valence-electron chi connectivity index (χ3n) is 3.48. The molecule has 0 atom stereocenters. The average Bonchev–Trinajstić information content (AvgIpc) is 2.60. The van der Waals surface area contributed by atoms with Gasteiger partial charge >= 0.3 is 0 Å². The summed E-state index contributed by atoms with van der Waals surface area (Å²) in [7, 11) is 1.59. The lowest BCUT2D eigenvalue weighted by Crippen LogP contribution is -2.32. The van der Waals surface area contributed by atoms with Crippen molar-refractivity contribution in [3.05, 3.63) is 59.9 Å². The van der Waals surface area contributed by atoms with Crippen LogP contribution in [0, 0.1) is 11.3 Å². The number of hydrogen-bond acceptors (Lipinski definition) is 4. The SMILES string of the molecule is COc1ccccc1CC(=O)N(CCC#N)Cc1cccnc1. The Morgan fingerprint density at radius 2 is 2.13 bits per heavy atom. The number of hydrogen-bond donors (Lipinski definition) is 0. The first kappa shape index (κ1) is 16.5. The molecule has 0 aliphatic heterocycles. The number of amides is 1. The molecular formula is C18H19N3O2. The van der Waals surface area contributed by atoms with Crippen LogP contribution < -0.4 is 4.74 Å². The quantitative estimate of drug-likeness (QED) is 0.788. The Morgan fingerprint density at radius 3 is 2.83 bits per heavy atom. The van der Waals surface area contributed by atoms with Gasteiger partial charge < -0.3 is 9.64 Å². The Morgan fingerprint density at radius 1 is 1.30 bits per heavy atom. The topological polar surface area (TPSA) is 66.2 Å². The standard InChI is InChI=1S/C18H19N3O2/c1-23-17-8-3-2-7-16(17)12-18(22)21(11-5-9-19)14-15-6-4-10-20-13-15/h2-4,6-8,10,13H,5,11-12,14H2,1H3. The van der Waals surface area contributed by atoms with Crippen LogP contribution in [0.5, 0.6) is 5.75 Å². The highest BCUT2D eigenvalue weighted by molar-refractivity contribution is 5.79. The second-order valence-corrected chi connectivity index (χ2v) is 5.07. The minimum Gasteiger partial charge on any atom is -0.496 e. The van der Waals surface area contributed by atoms with Gasteiger partial charge in [-0.25, -0.2) is 0 Å². The molecule has 0 aliphatic rings. The van der Waals surface area contributed by atoms with Gasteiger partial charge in [-0.05, 0) is 17.7 Å². The predicted octanol–water partition coefficient (Wildman–Crippen LogP) is 2.58. The molecule has 2 aromatic rings. The van der Waals surface area contributed by atoms with Crippen LogP contribution in [0.25, 0.3) is 0 Å². The lowest BCUT2D eigenvalue weighted by Gasteiger charge is -2.22. The van der Waals surface area contributed by atoms with Gasteiger partial charge in [-0.15, -0.1) is 0 Å². The minimum absolute atomic E-state index is 0.0337. The van der Waals surface area contributed by atoms with E-state index in [-0.39, 0.29) is 12.3 Å². The lowest BCUT2D eigenvalue weighted by atomic mass is 10.1. The second kappa shape index (κ2) is 8.54. The second-order valence-electron chi connectivity index (χ2n) is 5.07. The number of carbonyl (C=O) groups is 1. The van der Waals surface area contributed by atoms with Crippen LogP contribution in [-0.4, -0.2) is 29.4 Å². The summed E-state index contributed by atoms with van der Waals surface area (Å²) in [6, 6.07) is 13.3. The number of ether oxygens (including phenoxy) is 1. The molecule has 5 heteroatoms. The largest absolute Gasteiger partial charge is 0.496 e. The molecule has 0 aliphatic carbocycles. The van der Waals surface area contributed by atoms with E-state index < -0.39 is 0 Å². The molecule has 0 spiro atoms. The van der Waals surface area contributed by atoms with Crippen LogP contribution in [0.15, 0.2) is 48.8 Å². The van der Waals surface area contributed by atoms with Crippen molar-refractivity contribution in [2.75, 3.05) is 13.7 Å². The Hall–Kier alpha value is -2.87. The number of benzene rings is 1. The molecule has 0 fully saturated rings. The van der Waals surface area contributed by atoms with Crippen LogP contribution in [0.1, 0.15) is 17.5 Å². The van der Waals surface area contributed by atoms with Crippen LogP contribution in [0.3, 0.4) is 0 Å². The van der Waals surface area contributed by atoms with Crippen molar-refractivity contribution in [3.8, 4) is 11.8 Å². The summed E-state index contributed by atoms with van der Waals surface area (Å²) in [4.78, 5) is 18.4. The van der Waals surface area contributed by atoms with Gasteiger partial charge in [0.05, 0.1) is 26.0 Å². The summed E-state index contributed by atoms with van der Waals surface area (Å²) in [6.45, 7) is 0.850. The Balaban J connectivity index is 2.11. The molecule has 0 N–H and O–H groups in total. The van der Waals surface area contributed by atoms with E-state index in [0.717, 1.165) is 11.1 Å². The Bertz CT molecular complexity index is 680. The summed E-state index contributed by atoms with van der Waals surface area (Å²) in [5.74, 6) is 0.663. The Labute approximate surface area is 136 Å². The zero-order valence-corrected chi connectivity index (χ0v) is 13.1. The molecule has 0 saturated carbocycles. The van der Waals surface area contributed by atoms with Crippen molar-refractivity contribution < 1.29 is 9.53 Å². The van der Waals surface area contributed by atoms with E-state index in [0.29, 0.717) is 25.3 Å². The van der Waals surface area contributed by atoms with E-state index in [1.165, 1.54) is 0 Å². The zero-order valence-electron chi connectivity index (χ0n) is 13.1. The predicted molar refractivity (Wildman–Crippen MR) is 86.6 cm³/mol. The fraction of sp³-hybridized carbons (Fsp3) is 0.278. The van der Waals surface area contributed by atoms with E-state index >= 15 is 0 Å². The van der Waals surface area contributed by atoms with Crippen LogP contribution in [0.4, 0.5) is 0 Å². The number of nitriles is 1. The van der Waals surface area contributed by atoms with Crippen LogP contribution in [-0.2, 0) is 17.8 Å². The van der Waals surface area contributed by atoms with Gasteiger partial charge in [-0.3, -0.25) is 9.78 Å². The van der Waals surface area contributed by atoms with Crippen molar-refractivity contribution in [3.63, 3.8) is 0 Å². The molecular weight excluding hydrogens is 290 g/mol. The maximum atomic E-state index is 12.6. The summed E-state index contributed by atoms with van der Waals surface area (Å²) < 4.78 is 5.29. The summed E-state index contributed by atoms with van der Waals surface area (Å²) >= 11 is 0. The summed E-state index contributed by atoms with van der Waals surface area (Å²) in [5, 5.41) is 8.81. The number of nitrogens with zero attached hydrogens (tertiary/aromatic N) is 3. The molecule has 2 rings (SSSR count). The van der Waals surface area contributed by atoms with Crippen LogP contribution in [0.2, 0.25) is 0 Å². The number of rotatable bonds is 7. The van der Waals surface area contributed by atoms with Crippen molar-refractivity contribution in [1.29, 1.82) is 5.26 Å². The van der Waals surface area contributed by atoms with Crippen LogP contribution >= 0.6 is 0 Å². The molecule has 118 valence electrons. The number of para-hydroxylation sites is 1. The van der Waals surface area contributed by atoms with E-state index in [9.17, 15) is 4.79 Å². The molecule has 0 bridgehead atoms. The van der Waals surface area contributed by atoms with E-state index in [4.69, 9.17) is 10.00 Å². The van der Waals surface area contributed by atoms with Gasteiger partial charge in [0, 0.05) is 31.0 Å². The van der Waals surface area contributed by atoms with Gasteiger partial charge in [0.1, 0.15) is 5.75 Å². The highest BCUT2D eigenvalue weighted by atomic mass is 16.5. The maximum absolute atomic E-state index is 12.6. The fourth-order valence-corrected chi connectivity index (χ4v) is 2.31. The normalized spacial score (nSPS) is 9.91. The molecule has 0 unspecified atom stereocenters. The first-order valence-corrected chi connectivity index (χ1v) is 7.40. The van der Waals surface area contributed by atoms with Crippen molar-refractivity contribution in [2.45, 2.75) is 19.4 Å². The maximum Gasteiger partial charge on any atom is 0.227 e. The van der Waals surface area contributed by atoms with Crippen molar-refractivity contribution in [1.82, 2.24) is 9.88 Å². The van der Waals surface area contributed by atoms with Gasteiger partial charge in [-0.2, -0.15) is 5.26 Å². The third-order valence-corrected chi connectivity index (χ3v) is 3.48. The Kier molecular flexibility index (Phi) is 6.13. The minimum atomic E-state index is -0.0337. The molecule has 1 aromatic heterocycles. The smallest absolute Gasteiger partial charge is 0.227 e.